The first-order valence-electron chi connectivity index (χ1n) is 9.30. The number of benzene rings is 1. The number of nitrogens with zero attached hydrogens (tertiary/aromatic N) is 1. The lowest BCUT2D eigenvalue weighted by Crippen LogP contribution is -2.38. The fourth-order valence-electron chi connectivity index (χ4n) is 3.26. The molecule has 162 valence electrons. The van der Waals surface area contributed by atoms with Crippen LogP contribution in [0, 0.1) is 5.92 Å². The van der Waals surface area contributed by atoms with Crippen molar-refractivity contribution < 1.29 is 26.7 Å². The van der Waals surface area contributed by atoms with Gasteiger partial charge in [-0.15, -0.1) is 0 Å². The van der Waals surface area contributed by atoms with Crippen LogP contribution in [0.3, 0.4) is 0 Å². The topological polar surface area (TPSA) is 95.1 Å². The van der Waals surface area contributed by atoms with Gasteiger partial charge in [0, 0.05) is 17.6 Å². The highest BCUT2D eigenvalue weighted by Crippen LogP contribution is 2.34. The first kappa shape index (κ1) is 22.3. The molecule has 0 aliphatic heterocycles. The van der Waals surface area contributed by atoms with Crippen molar-refractivity contribution in [3.05, 3.63) is 48.3 Å². The Balaban J connectivity index is 1.91. The Morgan fingerprint density at radius 2 is 1.83 bits per heavy atom. The molecule has 0 saturated heterocycles. The van der Waals surface area contributed by atoms with Gasteiger partial charge >= 0.3 is 6.18 Å². The lowest BCUT2D eigenvalue weighted by Gasteiger charge is -2.18. The molecular formula is C20H22F3N3O3S. The van der Waals surface area contributed by atoms with Crippen LogP contribution in [0.1, 0.15) is 26.0 Å². The lowest BCUT2D eigenvalue weighted by molar-refractivity contribution is -0.140. The van der Waals surface area contributed by atoms with Crippen molar-refractivity contribution in [2.45, 2.75) is 37.4 Å². The normalized spacial score (nSPS) is 13.8. The van der Waals surface area contributed by atoms with Crippen molar-refractivity contribution in [1.82, 2.24) is 14.7 Å². The summed E-state index contributed by atoms with van der Waals surface area (Å²) in [6.45, 7) is 3.53. The molecule has 0 aliphatic rings. The molecule has 0 amide bonds. The maximum Gasteiger partial charge on any atom is 0.431 e. The van der Waals surface area contributed by atoms with Crippen LogP contribution in [0.5, 0.6) is 0 Å². The van der Waals surface area contributed by atoms with E-state index in [0.29, 0.717) is 17.5 Å². The molecule has 0 saturated carbocycles. The van der Waals surface area contributed by atoms with Gasteiger partial charge in [-0.25, -0.2) is 18.1 Å². The van der Waals surface area contributed by atoms with Gasteiger partial charge in [0.1, 0.15) is 11.3 Å². The van der Waals surface area contributed by atoms with E-state index in [1.807, 2.05) is 13.8 Å². The molecule has 6 nitrogen and oxygen atoms in total. The zero-order valence-electron chi connectivity index (χ0n) is 16.4. The maximum atomic E-state index is 13.0. The van der Waals surface area contributed by atoms with Crippen molar-refractivity contribution in [2.24, 2.45) is 5.92 Å². The molecule has 0 aliphatic carbocycles. The fourth-order valence-corrected chi connectivity index (χ4v) is 4.50. The number of aromatic nitrogens is 2. The Labute approximate surface area is 172 Å². The van der Waals surface area contributed by atoms with Crippen molar-refractivity contribution in [1.29, 1.82) is 0 Å². The molecule has 0 fully saturated rings. The number of H-pyrrole nitrogens is 1. The summed E-state index contributed by atoms with van der Waals surface area (Å²) < 4.78 is 66.7. The van der Waals surface area contributed by atoms with Gasteiger partial charge in [-0.3, -0.25) is 0 Å². The van der Waals surface area contributed by atoms with E-state index in [4.69, 9.17) is 0 Å². The van der Waals surface area contributed by atoms with Gasteiger partial charge in [-0.1, -0.05) is 26.0 Å². The van der Waals surface area contributed by atoms with Gasteiger partial charge in [0.15, 0.2) is 0 Å². The number of rotatable bonds is 7. The summed E-state index contributed by atoms with van der Waals surface area (Å²) in [4.78, 5) is 6.20. The average molecular weight is 441 g/mol. The summed E-state index contributed by atoms with van der Waals surface area (Å²) in [5, 5.41) is 9.71. The summed E-state index contributed by atoms with van der Waals surface area (Å²) in [6, 6.07) is 7.77. The number of pyridine rings is 1. The van der Waals surface area contributed by atoms with Crippen LogP contribution < -0.4 is 4.72 Å². The number of halogens is 3. The van der Waals surface area contributed by atoms with Gasteiger partial charge in [-0.2, -0.15) is 13.2 Å². The number of hydrogen-bond acceptors (Lipinski definition) is 4. The van der Waals surface area contributed by atoms with E-state index in [2.05, 4.69) is 14.7 Å². The van der Waals surface area contributed by atoms with E-state index in [9.17, 15) is 26.7 Å². The van der Waals surface area contributed by atoms with Crippen molar-refractivity contribution in [3.63, 3.8) is 0 Å². The highest BCUT2D eigenvalue weighted by molar-refractivity contribution is 7.89. The summed E-state index contributed by atoms with van der Waals surface area (Å²) >= 11 is 0. The average Bonchev–Trinajstić information content (AvgIpc) is 3.12. The minimum Gasteiger partial charge on any atom is -0.395 e. The second-order valence-electron chi connectivity index (χ2n) is 7.46. The molecule has 0 spiro atoms. The molecule has 1 atom stereocenters. The van der Waals surface area contributed by atoms with E-state index < -0.39 is 27.9 Å². The Hall–Kier alpha value is -2.43. The molecule has 30 heavy (non-hydrogen) atoms. The summed E-state index contributed by atoms with van der Waals surface area (Å²) in [5.74, 6) is 0.198. The Morgan fingerprint density at radius 3 is 2.40 bits per heavy atom. The van der Waals surface area contributed by atoms with Gasteiger partial charge in [0.25, 0.3) is 0 Å². The van der Waals surface area contributed by atoms with Crippen molar-refractivity contribution in [3.8, 4) is 11.1 Å². The van der Waals surface area contributed by atoms with E-state index in [1.54, 1.807) is 6.07 Å². The van der Waals surface area contributed by atoms with Crippen LogP contribution in [0.15, 0.2) is 47.5 Å². The minimum atomic E-state index is -4.53. The van der Waals surface area contributed by atoms with Crippen LogP contribution in [0.4, 0.5) is 13.2 Å². The number of aromatic amines is 1. The van der Waals surface area contributed by atoms with E-state index >= 15 is 0 Å². The number of sulfonamides is 1. The second kappa shape index (κ2) is 8.37. The number of nitrogens with one attached hydrogen (secondary N) is 2. The molecule has 10 heteroatoms. The first-order chi connectivity index (χ1) is 14.0. The van der Waals surface area contributed by atoms with Gasteiger partial charge in [-0.05, 0) is 47.7 Å². The van der Waals surface area contributed by atoms with Gasteiger partial charge in [0.2, 0.25) is 10.0 Å². The molecule has 3 aromatic rings. The predicted octanol–water partition coefficient (Wildman–Crippen LogP) is 3.93. The van der Waals surface area contributed by atoms with Crippen LogP contribution in [-0.4, -0.2) is 36.1 Å². The Bertz CT molecular complexity index is 1120. The molecule has 3 N–H and O–H groups in total. The smallest absolute Gasteiger partial charge is 0.395 e. The maximum absolute atomic E-state index is 13.0. The second-order valence-corrected chi connectivity index (χ2v) is 9.17. The monoisotopic (exact) mass is 441 g/mol. The van der Waals surface area contributed by atoms with E-state index in [0.717, 1.165) is 6.07 Å². The number of aliphatic hydroxyl groups is 1. The quantitative estimate of drug-likeness (QED) is 0.518. The third-order valence-electron chi connectivity index (χ3n) is 4.61. The Morgan fingerprint density at radius 1 is 1.17 bits per heavy atom. The number of hydrogen-bond donors (Lipinski definition) is 3. The SMILES string of the molecule is CC(C)CC(CO)NS(=O)(=O)c1ccc(-c2ccnc3[nH]c(C(F)(F)F)cc23)cc1. The van der Waals surface area contributed by atoms with Crippen LogP contribution in [0.25, 0.3) is 22.2 Å². The van der Waals surface area contributed by atoms with E-state index in [-0.39, 0.29) is 28.5 Å². The fraction of sp³-hybridized carbons (Fsp3) is 0.350. The van der Waals surface area contributed by atoms with Gasteiger partial charge < -0.3 is 10.1 Å². The third kappa shape index (κ3) is 4.82. The van der Waals surface area contributed by atoms with Gasteiger partial charge in [0.05, 0.1) is 11.5 Å². The highest BCUT2D eigenvalue weighted by atomic mass is 32.2. The zero-order valence-corrected chi connectivity index (χ0v) is 17.2. The van der Waals surface area contributed by atoms with E-state index in [1.165, 1.54) is 30.5 Å². The molecule has 1 aromatic carbocycles. The highest BCUT2D eigenvalue weighted by Gasteiger charge is 2.33. The summed E-state index contributed by atoms with van der Waals surface area (Å²) in [6.07, 6.45) is -2.66. The molecule has 2 heterocycles. The molecule has 1 unspecified atom stereocenters. The van der Waals surface area contributed by atoms with Crippen molar-refractivity contribution >= 4 is 21.1 Å². The molecule has 0 bridgehead atoms. The largest absolute Gasteiger partial charge is 0.431 e. The molecular weight excluding hydrogens is 419 g/mol. The molecule has 3 rings (SSSR count). The van der Waals surface area contributed by atoms with Crippen LogP contribution in [0.2, 0.25) is 0 Å². The van der Waals surface area contributed by atoms with Crippen molar-refractivity contribution in [2.75, 3.05) is 6.61 Å². The third-order valence-corrected chi connectivity index (χ3v) is 6.15. The first-order valence-corrected chi connectivity index (χ1v) is 10.8. The lowest BCUT2D eigenvalue weighted by atomic mass is 10.0. The number of aliphatic hydroxyl groups excluding tert-OH is 1. The summed E-state index contributed by atoms with van der Waals surface area (Å²) in [7, 11) is -3.85. The number of fused-ring (bicyclic) bond motifs is 1. The summed E-state index contributed by atoms with van der Waals surface area (Å²) in [5.41, 5.74) is 0.241. The predicted molar refractivity (Wildman–Crippen MR) is 107 cm³/mol. The number of alkyl halides is 3. The Kier molecular flexibility index (Phi) is 6.21. The molecule has 2 aromatic heterocycles. The standard InChI is InChI=1S/C20H22F3N3O3S/c1-12(2)9-14(11-27)26-30(28,29)15-5-3-13(4-6-15)16-7-8-24-19-17(16)10-18(25-19)20(21,22)23/h3-8,10,12,14,26-27H,9,11H2,1-2H3,(H,24,25). The zero-order chi connectivity index (χ0) is 22.1. The van der Waals surface area contributed by atoms with Crippen LogP contribution >= 0.6 is 0 Å². The van der Waals surface area contributed by atoms with Crippen LogP contribution in [-0.2, 0) is 16.2 Å². The molecule has 0 radical (unpaired) electrons. The minimum absolute atomic E-state index is 0.00352.